The molecule has 1 aliphatic heterocycles. The zero-order chi connectivity index (χ0) is 17.6. The third-order valence-electron chi connectivity index (χ3n) is 5.06. The highest BCUT2D eigenvalue weighted by molar-refractivity contribution is 5.94. The number of piperidine rings is 1. The number of benzene rings is 2. The number of hydrogen-bond acceptors (Lipinski definition) is 2. The molecule has 3 nitrogen and oxygen atoms in total. The van der Waals surface area contributed by atoms with Crippen LogP contribution in [-0.4, -0.2) is 23.9 Å². The first-order valence-corrected chi connectivity index (χ1v) is 9.26. The highest BCUT2D eigenvalue weighted by Crippen LogP contribution is 2.18. The van der Waals surface area contributed by atoms with Crippen molar-refractivity contribution in [3.8, 4) is 0 Å². The largest absolute Gasteiger partial charge is 0.348 e. The Morgan fingerprint density at radius 3 is 2.64 bits per heavy atom. The van der Waals surface area contributed by atoms with E-state index in [1.54, 1.807) is 0 Å². The van der Waals surface area contributed by atoms with Crippen molar-refractivity contribution in [3.05, 3.63) is 70.8 Å². The second kappa shape index (κ2) is 8.30. The molecule has 25 heavy (non-hydrogen) atoms. The molecule has 0 radical (unpaired) electrons. The molecule has 1 fully saturated rings. The number of nitrogens with one attached hydrogen (secondary N) is 1. The van der Waals surface area contributed by atoms with Crippen LogP contribution in [0, 0.1) is 12.8 Å². The van der Waals surface area contributed by atoms with E-state index in [1.807, 2.05) is 24.3 Å². The van der Waals surface area contributed by atoms with E-state index in [0.29, 0.717) is 6.54 Å². The second-order valence-corrected chi connectivity index (χ2v) is 7.29. The Morgan fingerprint density at radius 2 is 1.92 bits per heavy atom. The number of carbonyl (C=O) groups is 1. The average Bonchev–Trinajstić information content (AvgIpc) is 2.61. The normalized spacial score (nSPS) is 18.1. The third-order valence-corrected chi connectivity index (χ3v) is 5.06. The molecule has 1 aliphatic rings. The topological polar surface area (TPSA) is 32.3 Å². The van der Waals surface area contributed by atoms with Gasteiger partial charge in [-0.1, -0.05) is 43.3 Å². The molecule has 0 spiro atoms. The fourth-order valence-electron chi connectivity index (χ4n) is 3.54. The molecule has 0 bridgehead atoms. The van der Waals surface area contributed by atoms with Crippen molar-refractivity contribution in [2.45, 2.75) is 39.8 Å². The lowest BCUT2D eigenvalue weighted by atomic mass is 9.99. The summed E-state index contributed by atoms with van der Waals surface area (Å²) in [7, 11) is 0. The predicted octanol–water partition coefficient (Wildman–Crippen LogP) is 4.16. The number of aryl methyl sites for hydroxylation is 1. The first kappa shape index (κ1) is 17.7. The molecule has 1 amide bonds. The minimum atomic E-state index is -0.0126. The van der Waals surface area contributed by atoms with Gasteiger partial charge in [-0.25, -0.2) is 0 Å². The van der Waals surface area contributed by atoms with Crippen LogP contribution in [0.1, 0.15) is 46.8 Å². The minimum Gasteiger partial charge on any atom is -0.348 e. The molecule has 0 aliphatic carbocycles. The second-order valence-electron chi connectivity index (χ2n) is 7.29. The third kappa shape index (κ3) is 4.93. The van der Waals surface area contributed by atoms with Crippen LogP contribution in [0.3, 0.4) is 0 Å². The van der Waals surface area contributed by atoms with E-state index in [4.69, 9.17) is 0 Å². The highest BCUT2D eigenvalue weighted by Gasteiger charge is 2.16. The van der Waals surface area contributed by atoms with E-state index in [-0.39, 0.29) is 5.91 Å². The van der Waals surface area contributed by atoms with Gasteiger partial charge in [-0.15, -0.1) is 0 Å². The van der Waals surface area contributed by atoms with Crippen molar-refractivity contribution in [2.24, 2.45) is 5.92 Å². The Labute approximate surface area is 151 Å². The molecule has 0 aromatic heterocycles. The highest BCUT2D eigenvalue weighted by atomic mass is 16.1. The Hall–Kier alpha value is -2.13. The van der Waals surface area contributed by atoms with Crippen LogP contribution >= 0.6 is 0 Å². The minimum absolute atomic E-state index is 0.0126. The van der Waals surface area contributed by atoms with Gasteiger partial charge in [0.15, 0.2) is 0 Å². The number of rotatable bonds is 5. The van der Waals surface area contributed by atoms with Crippen molar-refractivity contribution < 1.29 is 4.79 Å². The summed E-state index contributed by atoms with van der Waals surface area (Å²) >= 11 is 0. The van der Waals surface area contributed by atoms with Crippen molar-refractivity contribution >= 4 is 5.91 Å². The summed E-state index contributed by atoms with van der Waals surface area (Å²) in [4.78, 5) is 14.9. The lowest BCUT2D eigenvalue weighted by Crippen LogP contribution is -2.33. The van der Waals surface area contributed by atoms with Crippen LogP contribution in [0.2, 0.25) is 0 Å². The molecule has 1 N–H and O–H groups in total. The maximum Gasteiger partial charge on any atom is 0.251 e. The molecular weight excluding hydrogens is 308 g/mol. The van der Waals surface area contributed by atoms with Gasteiger partial charge in [0, 0.05) is 25.2 Å². The quantitative estimate of drug-likeness (QED) is 0.889. The molecular formula is C22H28N2O. The van der Waals surface area contributed by atoms with Crippen LogP contribution in [0.15, 0.2) is 48.5 Å². The zero-order valence-electron chi connectivity index (χ0n) is 15.3. The SMILES string of the molecule is Cc1ccccc1CNC(=O)c1ccc(CN2CCC[C@H](C)C2)cc1. The fraction of sp³-hybridized carbons (Fsp3) is 0.409. The number of hydrogen-bond donors (Lipinski definition) is 1. The Morgan fingerprint density at radius 1 is 1.16 bits per heavy atom. The summed E-state index contributed by atoms with van der Waals surface area (Å²) in [6.07, 6.45) is 2.64. The van der Waals surface area contributed by atoms with Crippen LogP contribution < -0.4 is 5.32 Å². The van der Waals surface area contributed by atoms with Crippen molar-refractivity contribution in [2.75, 3.05) is 13.1 Å². The number of nitrogens with zero attached hydrogens (tertiary/aromatic N) is 1. The molecule has 2 aromatic rings. The van der Waals surface area contributed by atoms with E-state index < -0.39 is 0 Å². The maximum atomic E-state index is 12.4. The summed E-state index contributed by atoms with van der Waals surface area (Å²) in [5.41, 5.74) is 4.37. The first-order valence-electron chi connectivity index (χ1n) is 9.26. The van der Waals surface area contributed by atoms with E-state index >= 15 is 0 Å². The van der Waals surface area contributed by atoms with E-state index in [0.717, 1.165) is 23.6 Å². The van der Waals surface area contributed by atoms with Gasteiger partial charge in [0.2, 0.25) is 0 Å². The summed E-state index contributed by atoms with van der Waals surface area (Å²) in [5.74, 6) is 0.779. The molecule has 0 unspecified atom stereocenters. The summed E-state index contributed by atoms with van der Waals surface area (Å²) in [6, 6.07) is 16.2. The van der Waals surface area contributed by atoms with Gasteiger partial charge in [-0.2, -0.15) is 0 Å². The summed E-state index contributed by atoms with van der Waals surface area (Å²) < 4.78 is 0. The van der Waals surface area contributed by atoms with Crippen molar-refractivity contribution in [1.82, 2.24) is 10.2 Å². The molecule has 2 aromatic carbocycles. The lowest BCUT2D eigenvalue weighted by Gasteiger charge is -2.30. The molecule has 1 heterocycles. The van der Waals surface area contributed by atoms with Crippen LogP contribution in [-0.2, 0) is 13.1 Å². The van der Waals surface area contributed by atoms with E-state index in [2.05, 4.69) is 48.3 Å². The molecule has 3 heteroatoms. The van der Waals surface area contributed by atoms with Gasteiger partial charge < -0.3 is 5.32 Å². The fourth-order valence-corrected chi connectivity index (χ4v) is 3.54. The number of carbonyl (C=O) groups excluding carboxylic acids is 1. The summed E-state index contributed by atoms with van der Waals surface area (Å²) in [5, 5.41) is 3.01. The van der Waals surface area contributed by atoms with Gasteiger partial charge in [-0.3, -0.25) is 9.69 Å². The van der Waals surface area contributed by atoms with Crippen LogP contribution in [0.4, 0.5) is 0 Å². The van der Waals surface area contributed by atoms with Gasteiger partial charge in [0.25, 0.3) is 5.91 Å². The van der Waals surface area contributed by atoms with Gasteiger partial charge >= 0.3 is 0 Å². The van der Waals surface area contributed by atoms with E-state index in [1.165, 1.54) is 37.1 Å². The molecule has 1 saturated heterocycles. The predicted molar refractivity (Wildman–Crippen MR) is 102 cm³/mol. The Kier molecular flexibility index (Phi) is 5.87. The average molecular weight is 336 g/mol. The summed E-state index contributed by atoms with van der Waals surface area (Å²) in [6.45, 7) is 8.31. The molecule has 132 valence electrons. The maximum absolute atomic E-state index is 12.4. The van der Waals surface area contributed by atoms with Crippen LogP contribution in [0.25, 0.3) is 0 Å². The molecule has 3 rings (SSSR count). The van der Waals surface area contributed by atoms with E-state index in [9.17, 15) is 4.79 Å². The number of amides is 1. The van der Waals surface area contributed by atoms with Gasteiger partial charge in [0.1, 0.15) is 0 Å². The smallest absolute Gasteiger partial charge is 0.251 e. The lowest BCUT2D eigenvalue weighted by molar-refractivity contribution is 0.0951. The zero-order valence-corrected chi connectivity index (χ0v) is 15.3. The van der Waals surface area contributed by atoms with Crippen molar-refractivity contribution in [3.63, 3.8) is 0 Å². The standard InChI is InChI=1S/C22H28N2O/c1-17-6-5-13-24(15-17)16-19-9-11-20(12-10-19)22(25)23-14-21-8-4-3-7-18(21)2/h3-4,7-12,17H,5-6,13-16H2,1-2H3,(H,23,25)/t17-/m0/s1. The van der Waals surface area contributed by atoms with Gasteiger partial charge in [-0.05, 0) is 61.1 Å². The van der Waals surface area contributed by atoms with Crippen LogP contribution in [0.5, 0.6) is 0 Å². The molecule has 0 saturated carbocycles. The Bertz CT molecular complexity index is 708. The van der Waals surface area contributed by atoms with Gasteiger partial charge in [0.05, 0.1) is 0 Å². The first-order chi connectivity index (χ1) is 12.1. The number of likely N-dealkylation sites (tertiary alicyclic amines) is 1. The Balaban J connectivity index is 1.54. The molecule has 1 atom stereocenters. The monoisotopic (exact) mass is 336 g/mol. The van der Waals surface area contributed by atoms with Crippen molar-refractivity contribution in [1.29, 1.82) is 0 Å².